The van der Waals surface area contributed by atoms with Crippen LogP contribution in [-0.4, -0.2) is 43.0 Å². The minimum atomic E-state index is -3.18. The first-order chi connectivity index (χ1) is 11.8. The van der Waals surface area contributed by atoms with Gasteiger partial charge in [0, 0.05) is 34.4 Å². The third kappa shape index (κ3) is 4.66. The molecule has 1 aromatic carbocycles. The summed E-state index contributed by atoms with van der Waals surface area (Å²) in [5, 5.41) is 5.33. The Hall–Kier alpha value is -1.29. The Morgan fingerprint density at radius 3 is 2.52 bits per heavy atom. The summed E-state index contributed by atoms with van der Waals surface area (Å²) in [6.07, 6.45) is 2.26. The molecule has 1 N–H and O–H groups in total. The Balaban J connectivity index is 1.60. The fourth-order valence-corrected chi connectivity index (χ4v) is 4.60. The van der Waals surface area contributed by atoms with Gasteiger partial charge in [-0.3, -0.25) is 4.79 Å². The van der Waals surface area contributed by atoms with Crippen LogP contribution < -0.4 is 5.32 Å². The molecule has 0 saturated carbocycles. The zero-order chi connectivity index (χ0) is 18.0. The highest BCUT2D eigenvalue weighted by Gasteiger charge is 2.29. The van der Waals surface area contributed by atoms with Crippen molar-refractivity contribution >= 4 is 48.3 Å². The first-order valence-electron chi connectivity index (χ1n) is 7.80. The number of halogens is 1. The second kappa shape index (κ2) is 7.53. The van der Waals surface area contributed by atoms with Gasteiger partial charge < -0.3 is 5.32 Å². The second-order valence-electron chi connectivity index (χ2n) is 5.97. The topological polar surface area (TPSA) is 79.4 Å². The number of thiazole rings is 1. The minimum Gasteiger partial charge on any atom is -0.302 e. The molecule has 1 saturated heterocycles. The summed E-state index contributed by atoms with van der Waals surface area (Å²) in [5.41, 5.74) is 1.81. The van der Waals surface area contributed by atoms with Crippen LogP contribution in [0.5, 0.6) is 0 Å². The van der Waals surface area contributed by atoms with Gasteiger partial charge in [-0.05, 0) is 25.0 Å². The number of amides is 1. The van der Waals surface area contributed by atoms with Crippen molar-refractivity contribution < 1.29 is 13.2 Å². The molecular weight excluding hydrogens is 426 g/mol. The van der Waals surface area contributed by atoms with Crippen LogP contribution in [0.25, 0.3) is 11.3 Å². The van der Waals surface area contributed by atoms with Crippen LogP contribution in [-0.2, 0) is 14.8 Å². The molecule has 25 heavy (non-hydrogen) atoms. The SMILES string of the molecule is CS(=O)(=O)N1CCC(C(=O)Nc2nc(-c3ccc(Br)cc3)cs2)CC1. The molecule has 9 heteroatoms. The van der Waals surface area contributed by atoms with E-state index in [1.807, 2.05) is 29.6 Å². The fraction of sp³-hybridized carbons (Fsp3) is 0.375. The van der Waals surface area contributed by atoms with E-state index in [-0.39, 0.29) is 11.8 Å². The molecule has 0 unspecified atom stereocenters. The van der Waals surface area contributed by atoms with E-state index in [9.17, 15) is 13.2 Å². The first kappa shape index (κ1) is 18.5. The van der Waals surface area contributed by atoms with E-state index in [1.165, 1.54) is 21.9 Å². The molecule has 2 aromatic rings. The first-order valence-corrected chi connectivity index (χ1v) is 11.3. The molecule has 0 bridgehead atoms. The maximum absolute atomic E-state index is 12.4. The second-order valence-corrected chi connectivity index (χ2v) is 9.73. The van der Waals surface area contributed by atoms with Crippen molar-refractivity contribution in [3.05, 3.63) is 34.1 Å². The average molecular weight is 444 g/mol. The summed E-state index contributed by atoms with van der Waals surface area (Å²) in [6, 6.07) is 7.82. The van der Waals surface area contributed by atoms with E-state index in [4.69, 9.17) is 0 Å². The van der Waals surface area contributed by atoms with Gasteiger partial charge in [0.15, 0.2) is 5.13 Å². The van der Waals surface area contributed by atoms with Crippen molar-refractivity contribution in [1.82, 2.24) is 9.29 Å². The number of sulfonamides is 1. The molecule has 1 aliphatic heterocycles. The van der Waals surface area contributed by atoms with E-state index < -0.39 is 10.0 Å². The number of rotatable bonds is 4. The average Bonchev–Trinajstić information content (AvgIpc) is 3.03. The molecule has 2 heterocycles. The van der Waals surface area contributed by atoms with Crippen LogP contribution >= 0.6 is 27.3 Å². The predicted molar refractivity (Wildman–Crippen MR) is 103 cm³/mol. The molecular formula is C16H18BrN3O3S2. The molecule has 1 fully saturated rings. The monoisotopic (exact) mass is 443 g/mol. The number of carbonyl (C=O) groups is 1. The number of hydrogen-bond acceptors (Lipinski definition) is 5. The Morgan fingerprint density at radius 1 is 1.28 bits per heavy atom. The Morgan fingerprint density at radius 2 is 1.92 bits per heavy atom. The quantitative estimate of drug-likeness (QED) is 0.786. The molecule has 6 nitrogen and oxygen atoms in total. The van der Waals surface area contributed by atoms with Crippen molar-refractivity contribution in [3.63, 3.8) is 0 Å². The van der Waals surface area contributed by atoms with Gasteiger partial charge in [-0.25, -0.2) is 17.7 Å². The lowest BCUT2D eigenvalue weighted by Crippen LogP contribution is -2.40. The molecule has 134 valence electrons. The zero-order valence-electron chi connectivity index (χ0n) is 13.6. The summed E-state index contributed by atoms with van der Waals surface area (Å²) in [6.45, 7) is 0.776. The number of hydrogen-bond donors (Lipinski definition) is 1. The minimum absolute atomic E-state index is 0.0927. The maximum atomic E-state index is 12.4. The number of nitrogens with zero attached hydrogens (tertiary/aromatic N) is 2. The van der Waals surface area contributed by atoms with Crippen LogP contribution in [0.4, 0.5) is 5.13 Å². The third-order valence-corrected chi connectivity index (χ3v) is 6.76. The molecule has 0 spiro atoms. The summed E-state index contributed by atoms with van der Waals surface area (Å²) in [7, 11) is -3.18. The fourth-order valence-electron chi connectivity index (χ4n) is 2.74. The van der Waals surface area contributed by atoms with Crippen LogP contribution in [0.2, 0.25) is 0 Å². The standard InChI is InChI=1S/C16H18BrN3O3S2/c1-25(22,23)20-8-6-12(7-9-20)15(21)19-16-18-14(10-24-16)11-2-4-13(17)5-3-11/h2-5,10,12H,6-9H2,1H3,(H,18,19,21). The highest BCUT2D eigenvalue weighted by atomic mass is 79.9. The largest absolute Gasteiger partial charge is 0.302 e. The summed E-state index contributed by atoms with van der Waals surface area (Å²) >= 11 is 4.79. The molecule has 1 aliphatic rings. The van der Waals surface area contributed by atoms with E-state index in [0.717, 1.165) is 15.7 Å². The van der Waals surface area contributed by atoms with Crippen molar-refractivity contribution in [3.8, 4) is 11.3 Å². The number of nitrogens with one attached hydrogen (secondary N) is 1. The van der Waals surface area contributed by atoms with Crippen LogP contribution in [0, 0.1) is 5.92 Å². The van der Waals surface area contributed by atoms with Crippen molar-refractivity contribution in [2.45, 2.75) is 12.8 Å². The van der Waals surface area contributed by atoms with E-state index >= 15 is 0 Å². The predicted octanol–water partition coefficient (Wildman–Crippen LogP) is 3.18. The summed E-state index contributed by atoms with van der Waals surface area (Å²) in [4.78, 5) is 16.9. The molecule has 0 atom stereocenters. The number of carbonyl (C=O) groups excluding carboxylic acids is 1. The maximum Gasteiger partial charge on any atom is 0.229 e. The Labute approximate surface area is 159 Å². The molecule has 0 radical (unpaired) electrons. The normalized spacial score (nSPS) is 16.7. The van der Waals surface area contributed by atoms with Gasteiger partial charge in [-0.2, -0.15) is 0 Å². The molecule has 1 amide bonds. The van der Waals surface area contributed by atoms with Crippen molar-refractivity contribution in [1.29, 1.82) is 0 Å². The summed E-state index contributed by atoms with van der Waals surface area (Å²) in [5.74, 6) is -0.275. The van der Waals surface area contributed by atoms with E-state index in [2.05, 4.69) is 26.2 Å². The number of aromatic nitrogens is 1. The Bertz CT molecular complexity index is 857. The van der Waals surface area contributed by atoms with E-state index in [1.54, 1.807) is 0 Å². The van der Waals surface area contributed by atoms with Gasteiger partial charge in [0.1, 0.15) is 0 Å². The zero-order valence-corrected chi connectivity index (χ0v) is 16.8. The Kier molecular flexibility index (Phi) is 5.57. The van der Waals surface area contributed by atoms with Gasteiger partial charge in [0.2, 0.25) is 15.9 Å². The molecule has 3 rings (SSSR count). The number of benzene rings is 1. The number of anilines is 1. The smallest absolute Gasteiger partial charge is 0.229 e. The van der Waals surface area contributed by atoms with Crippen molar-refractivity contribution in [2.24, 2.45) is 5.92 Å². The van der Waals surface area contributed by atoms with Gasteiger partial charge in [0.05, 0.1) is 11.9 Å². The highest BCUT2D eigenvalue weighted by molar-refractivity contribution is 9.10. The van der Waals surface area contributed by atoms with E-state index in [0.29, 0.717) is 31.1 Å². The lowest BCUT2D eigenvalue weighted by Gasteiger charge is -2.29. The van der Waals surface area contributed by atoms with Gasteiger partial charge in [-0.1, -0.05) is 28.1 Å². The van der Waals surface area contributed by atoms with Gasteiger partial charge >= 0.3 is 0 Å². The van der Waals surface area contributed by atoms with Crippen LogP contribution in [0.15, 0.2) is 34.1 Å². The molecule has 0 aliphatic carbocycles. The van der Waals surface area contributed by atoms with Crippen LogP contribution in [0.1, 0.15) is 12.8 Å². The van der Waals surface area contributed by atoms with Gasteiger partial charge in [0.25, 0.3) is 0 Å². The molecule has 1 aromatic heterocycles. The van der Waals surface area contributed by atoms with Crippen molar-refractivity contribution in [2.75, 3.05) is 24.7 Å². The lowest BCUT2D eigenvalue weighted by atomic mass is 9.97. The summed E-state index contributed by atoms with van der Waals surface area (Å²) < 4.78 is 25.5. The lowest BCUT2D eigenvalue weighted by molar-refractivity contribution is -0.120. The van der Waals surface area contributed by atoms with Crippen LogP contribution in [0.3, 0.4) is 0 Å². The van der Waals surface area contributed by atoms with Gasteiger partial charge in [-0.15, -0.1) is 11.3 Å². The highest BCUT2D eigenvalue weighted by Crippen LogP contribution is 2.27. The number of piperidine rings is 1. The third-order valence-electron chi connectivity index (χ3n) is 4.17.